The standard InChI is InChI=1S/C16H16N4O2/c1-12-2-4-14(5-3-12)20-11-13(10-15(20)21)16(22)19(8-6-17)9-7-18/h2-5,13H,8-11H2,1H3. The Bertz CT molecular complexity index is 638. The molecule has 0 N–H and O–H groups in total. The molecule has 2 amide bonds. The zero-order chi connectivity index (χ0) is 16.1. The van der Waals surface area contributed by atoms with Crippen LogP contribution >= 0.6 is 0 Å². The van der Waals surface area contributed by atoms with Crippen LogP contribution in [0.5, 0.6) is 0 Å². The first kappa shape index (κ1) is 15.5. The molecule has 0 radical (unpaired) electrons. The molecule has 1 heterocycles. The van der Waals surface area contributed by atoms with Gasteiger partial charge in [-0.1, -0.05) is 17.7 Å². The van der Waals surface area contributed by atoms with E-state index in [1.54, 1.807) is 4.90 Å². The van der Waals surface area contributed by atoms with Crippen LogP contribution in [0.15, 0.2) is 24.3 Å². The van der Waals surface area contributed by atoms with E-state index in [1.807, 2.05) is 43.3 Å². The predicted octanol–water partition coefficient (Wildman–Crippen LogP) is 1.22. The molecular formula is C16H16N4O2. The highest BCUT2D eigenvalue weighted by atomic mass is 16.2. The van der Waals surface area contributed by atoms with Crippen molar-refractivity contribution in [1.29, 1.82) is 10.5 Å². The van der Waals surface area contributed by atoms with E-state index in [1.165, 1.54) is 4.90 Å². The largest absolute Gasteiger partial charge is 0.316 e. The fraction of sp³-hybridized carbons (Fsp3) is 0.375. The Kier molecular flexibility index (Phi) is 4.75. The molecule has 0 bridgehead atoms. The summed E-state index contributed by atoms with van der Waals surface area (Å²) in [6.07, 6.45) is 0.111. The van der Waals surface area contributed by atoms with Crippen molar-refractivity contribution in [2.24, 2.45) is 5.92 Å². The molecule has 1 unspecified atom stereocenters. The van der Waals surface area contributed by atoms with Gasteiger partial charge in [0.25, 0.3) is 0 Å². The summed E-state index contributed by atoms with van der Waals surface area (Å²) in [6.45, 7) is 1.97. The molecule has 0 aromatic heterocycles. The van der Waals surface area contributed by atoms with Gasteiger partial charge in [0.1, 0.15) is 13.1 Å². The van der Waals surface area contributed by atoms with Crippen molar-refractivity contribution in [2.75, 3.05) is 24.5 Å². The molecular weight excluding hydrogens is 280 g/mol. The summed E-state index contributed by atoms with van der Waals surface area (Å²) in [5, 5.41) is 17.5. The van der Waals surface area contributed by atoms with E-state index in [-0.39, 0.29) is 37.9 Å². The number of benzene rings is 1. The maximum Gasteiger partial charge on any atom is 0.229 e. The second-order valence-electron chi connectivity index (χ2n) is 5.25. The van der Waals surface area contributed by atoms with Gasteiger partial charge in [0.05, 0.1) is 18.1 Å². The van der Waals surface area contributed by atoms with Crippen LogP contribution in [-0.4, -0.2) is 36.3 Å². The van der Waals surface area contributed by atoms with Gasteiger partial charge < -0.3 is 9.80 Å². The number of hydrogen-bond acceptors (Lipinski definition) is 4. The Morgan fingerprint density at radius 2 is 1.86 bits per heavy atom. The van der Waals surface area contributed by atoms with Gasteiger partial charge in [-0.05, 0) is 19.1 Å². The first-order valence-electron chi connectivity index (χ1n) is 6.96. The zero-order valence-corrected chi connectivity index (χ0v) is 12.3. The lowest BCUT2D eigenvalue weighted by molar-refractivity contribution is -0.134. The van der Waals surface area contributed by atoms with Crippen LogP contribution in [0.3, 0.4) is 0 Å². The van der Waals surface area contributed by atoms with E-state index in [0.29, 0.717) is 0 Å². The molecule has 112 valence electrons. The number of carbonyl (C=O) groups excluding carboxylic acids is 2. The van der Waals surface area contributed by atoms with Crippen LogP contribution in [0.2, 0.25) is 0 Å². The number of nitrogens with zero attached hydrogens (tertiary/aromatic N) is 4. The summed E-state index contributed by atoms with van der Waals surface area (Å²) in [6, 6.07) is 11.3. The Morgan fingerprint density at radius 1 is 1.27 bits per heavy atom. The van der Waals surface area contributed by atoms with E-state index in [9.17, 15) is 9.59 Å². The Hall–Kier alpha value is -2.86. The molecule has 1 aliphatic rings. The quantitative estimate of drug-likeness (QED) is 0.782. The van der Waals surface area contributed by atoms with Gasteiger partial charge >= 0.3 is 0 Å². The highest BCUT2D eigenvalue weighted by molar-refractivity contribution is 6.00. The third-order valence-corrected chi connectivity index (χ3v) is 3.65. The maximum atomic E-state index is 12.3. The average molecular weight is 296 g/mol. The molecule has 1 atom stereocenters. The summed E-state index contributed by atoms with van der Waals surface area (Å²) in [7, 11) is 0. The van der Waals surface area contributed by atoms with Crippen LogP contribution < -0.4 is 4.90 Å². The van der Waals surface area contributed by atoms with Crippen LogP contribution in [0.4, 0.5) is 5.69 Å². The number of anilines is 1. The lowest BCUT2D eigenvalue weighted by atomic mass is 10.1. The monoisotopic (exact) mass is 296 g/mol. The fourth-order valence-corrected chi connectivity index (χ4v) is 2.49. The molecule has 0 spiro atoms. The summed E-state index contributed by atoms with van der Waals surface area (Å²) in [4.78, 5) is 27.3. The van der Waals surface area contributed by atoms with Crippen molar-refractivity contribution >= 4 is 17.5 Å². The zero-order valence-electron chi connectivity index (χ0n) is 12.3. The first-order valence-corrected chi connectivity index (χ1v) is 6.96. The minimum atomic E-state index is -0.504. The van der Waals surface area contributed by atoms with Crippen molar-refractivity contribution in [1.82, 2.24) is 4.90 Å². The van der Waals surface area contributed by atoms with Crippen molar-refractivity contribution in [3.63, 3.8) is 0 Å². The number of hydrogen-bond donors (Lipinski definition) is 0. The normalized spacial score (nSPS) is 17.0. The van der Waals surface area contributed by atoms with Gasteiger partial charge in [-0.2, -0.15) is 10.5 Å². The Morgan fingerprint density at radius 3 is 2.41 bits per heavy atom. The third kappa shape index (κ3) is 3.24. The fourth-order valence-electron chi connectivity index (χ4n) is 2.49. The maximum absolute atomic E-state index is 12.3. The smallest absolute Gasteiger partial charge is 0.229 e. The van der Waals surface area contributed by atoms with E-state index in [0.717, 1.165) is 11.3 Å². The molecule has 0 aliphatic carbocycles. The van der Waals surface area contributed by atoms with E-state index in [2.05, 4.69) is 0 Å². The summed E-state index contributed by atoms with van der Waals surface area (Å²) in [5.41, 5.74) is 1.86. The lowest BCUT2D eigenvalue weighted by Crippen LogP contribution is -2.38. The topological polar surface area (TPSA) is 88.2 Å². The highest BCUT2D eigenvalue weighted by Crippen LogP contribution is 2.26. The highest BCUT2D eigenvalue weighted by Gasteiger charge is 2.37. The van der Waals surface area contributed by atoms with Crippen molar-refractivity contribution in [3.8, 4) is 12.1 Å². The molecule has 6 nitrogen and oxygen atoms in total. The molecule has 0 saturated carbocycles. The minimum Gasteiger partial charge on any atom is -0.316 e. The summed E-state index contributed by atoms with van der Waals surface area (Å²) < 4.78 is 0. The van der Waals surface area contributed by atoms with E-state index < -0.39 is 5.92 Å². The number of aryl methyl sites for hydroxylation is 1. The molecule has 6 heteroatoms. The van der Waals surface area contributed by atoms with Crippen LogP contribution in [0.1, 0.15) is 12.0 Å². The van der Waals surface area contributed by atoms with Gasteiger partial charge in [-0.25, -0.2) is 0 Å². The molecule has 2 rings (SSSR count). The van der Waals surface area contributed by atoms with Gasteiger partial charge in [0, 0.05) is 18.7 Å². The van der Waals surface area contributed by atoms with Gasteiger partial charge in [0.2, 0.25) is 11.8 Å². The van der Waals surface area contributed by atoms with Crippen LogP contribution in [0, 0.1) is 35.5 Å². The SMILES string of the molecule is Cc1ccc(N2CC(C(=O)N(CC#N)CC#N)CC2=O)cc1. The van der Waals surface area contributed by atoms with E-state index in [4.69, 9.17) is 10.5 Å². The Labute approximate surface area is 129 Å². The van der Waals surface area contributed by atoms with Crippen molar-refractivity contribution < 1.29 is 9.59 Å². The predicted molar refractivity (Wildman–Crippen MR) is 79.4 cm³/mol. The van der Waals surface area contributed by atoms with Crippen molar-refractivity contribution in [2.45, 2.75) is 13.3 Å². The molecule has 1 saturated heterocycles. The lowest BCUT2D eigenvalue weighted by Gasteiger charge is -2.20. The number of carbonyl (C=O) groups is 2. The van der Waals surface area contributed by atoms with Crippen LogP contribution in [0.25, 0.3) is 0 Å². The number of amides is 2. The number of nitriles is 2. The van der Waals surface area contributed by atoms with Crippen molar-refractivity contribution in [3.05, 3.63) is 29.8 Å². The third-order valence-electron chi connectivity index (χ3n) is 3.65. The second-order valence-corrected chi connectivity index (χ2v) is 5.25. The number of rotatable bonds is 4. The minimum absolute atomic E-state index is 0.111. The first-order chi connectivity index (χ1) is 10.6. The summed E-state index contributed by atoms with van der Waals surface area (Å²) >= 11 is 0. The Balaban J connectivity index is 2.11. The van der Waals surface area contributed by atoms with E-state index >= 15 is 0 Å². The molecule has 1 fully saturated rings. The molecule has 22 heavy (non-hydrogen) atoms. The van der Waals surface area contributed by atoms with Crippen LogP contribution in [-0.2, 0) is 9.59 Å². The van der Waals surface area contributed by atoms with Gasteiger partial charge in [0.15, 0.2) is 0 Å². The average Bonchev–Trinajstić information content (AvgIpc) is 2.89. The van der Waals surface area contributed by atoms with Gasteiger partial charge in [-0.3, -0.25) is 9.59 Å². The molecule has 1 aromatic carbocycles. The molecule has 1 aliphatic heterocycles. The summed E-state index contributed by atoms with van der Waals surface area (Å²) in [5.74, 6) is -0.933. The molecule has 1 aromatic rings. The second kappa shape index (κ2) is 6.73. The van der Waals surface area contributed by atoms with Gasteiger partial charge in [-0.15, -0.1) is 0 Å².